The van der Waals surface area contributed by atoms with Crippen molar-refractivity contribution in [2.45, 2.75) is 21.6 Å². The molecule has 0 heterocycles. The molecule has 6 heteroatoms. The Bertz CT molecular complexity index is 861. The van der Waals surface area contributed by atoms with E-state index < -0.39 is 32.4 Å². The first kappa shape index (κ1) is 14.7. The van der Waals surface area contributed by atoms with Crippen LogP contribution >= 0.6 is 0 Å². The van der Waals surface area contributed by atoms with Crippen molar-refractivity contribution in [3.63, 3.8) is 0 Å². The predicted octanol–water partition coefficient (Wildman–Crippen LogP) is 1.99. The Labute approximate surface area is 127 Å². The second-order valence-electron chi connectivity index (χ2n) is 5.36. The van der Waals surface area contributed by atoms with Crippen molar-refractivity contribution in [3.05, 3.63) is 66.0 Å². The van der Waals surface area contributed by atoms with Gasteiger partial charge in [0.2, 0.25) is 0 Å². The summed E-state index contributed by atoms with van der Waals surface area (Å²) in [5.74, 6) is -1.22. The first-order chi connectivity index (χ1) is 10.4. The minimum absolute atomic E-state index is 0.115. The topological polar surface area (TPSA) is 83.9 Å². The molecule has 1 fully saturated rings. The van der Waals surface area contributed by atoms with Crippen LogP contribution in [-0.2, 0) is 9.84 Å². The molecule has 0 saturated heterocycles. The predicted molar refractivity (Wildman–Crippen MR) is 79.1 cm³/mol. The summed E-state index contributed by atoms with van der Waals surface area (Å²) in [5.41, 5.74) is 4.86. The van der Waals surface area contributed by atoms with Crippen LogP contribution in [-0.4, -0.2) is 19.2 Å². The summed E-state index contributed by atoms with van der Waals surface area (Å²) in [4.78, 5) is 0.115. The Morgan fingerprint density at radius 1 is 1.14 bits per heavy atom. The number of halogens is 1. The minimum Gasteiger partial charge on any atom is -0.312 e. The van der Waals surface area contributed by atoms with Crippen molar-refractivity contribution in [3.8, 4) is 6.07 Å². The average Bonchev–Trinajstić information content (AvgIpc) is 3.16. The number of benzene rings is 2. The van der Waals surface area contributed by atoms with Gasteiger partial charge in [0.05, 0.1) is 11.0 Å². The van der Waals surface area contributed by atoms with Crippen LogP contribution in [0.1, 0.15) is 11.5 Å². The zero-order valence-electron chi connectivity index (χ0n) is 11.5. The molecule has 2 aromatic carbocycles. The quantitative estimate of drug-likeness (QED) is 0.938. The third-order valence-corrected chi connectivity index (χ3v) is 6.25. The zero-order valence-corrected chi connectivity index (χ0v) is 12.3. The molecule has 4 nitrogen and oxygen atoms in total. The van der Waals surface area contributed by atoms with E-state index >= 15 is 0 Å². The number of hydrogen-bond acceptors (Lipinski definition) is 4. The Morgan fingerprint density at radius 3 is 2.41 bits per heavy atom. The third kappa shape index (κ3) is 2.10. The smallest absolute Gasteiger partial charge is 0.184 e. The molecule has 0 radical (unpaired) electrons. The van der Waals surface area contributed by atoms with Crippen molar-refractivity contribution in [2.75, 3.05) is 0 Å². The van der Waals surface area contributed by atoms with E-state index in [1.165, 1.54) is 30.3 Å². The average molecular weight is 316 g/mol. The highest BCUT2D eigenvalue weighted by Gasteiger charge is 2.70. The molecule has 1 saturated carbocycles. The lowest BCUT2D eigenvalue weighted by atomic mass is 10.1. The zero-order chi connectivity index (χ0) is 16.0. The summed E-state index contributed by atoms with van der Waals surface area (Å²) in [6.07, 6.45) is 0. The molecule has 22 heavy (non-hydrogen) atoms. The van der Waals surface area contributed by atoms with Crippen LogP contribution in [0.4, 0.5) is 4.39 Å². The van der Waals surface area contributed by atoms with E-state index in [9.17, 15) is 18.1 Å². The summed E-state index contributed by atoms with van der Waals surface area (Å²) in [6, 6.07) is 15.3. The van der Waals surface area contributed by atoms with Crippen LogP contribution in [0.15, 0.2) is 59.5 Å². The van der Waals surface area contributed by atoms with Gasteiger partial charge in [-0.25, -0.2) is 12.8 Å². The van der Waals surface area contributed by atoms with E-state index in [1.807, 2.05) is 6.07 Å². The van der Waals surface area contributed by atoms with Gasteiger partial charge in [0.1, 0.15) is 16.6 Å². The van der Waals surface area contributed by atoms with E-state index in [1.54, 1.807) is 24.3 Å². The molecule has 2 N–H and O–H groups in total. The summed E-state index contributed by atoms with van der Waals surface area (Å²) in [5, 5.41) is 8.24. The van der Waals surface area contributed by atoms with E-state index in [0.717, 1.165) is 0 Å². The fraction of sp³-hybridized carbons (Fsp3) is 0.188. The summed E-state index contributed by atoms with van der Waals surface area (Å²) < 4.78 is 38.8. The van der Waals surface area contributed by atoms with Gasteiger partial charge in [-0.1, -0.05) is 30.3 Å². The van der Waals surface area contributed by atoms with E-state index in [4.69, 9.17) is 5.73 Å². The van der Waals surface area contributed by atoms with Gasteiger partial charge in [0.25, 0.3) is 0 Å². The molecule has 3 atom stereocenters. The largest absolute Gasteiger partial charge is 0.312 e. The number of sulfone groups is 1. The van der Waals surface area contributed by atoms with Gasteiger partial charge in [0.15, 0.2) is 9.84 Å². The minimum atomic E-state index is -3.77. The van der Waals surface area contributed by atoms with Crippen LogP contribution in [0.3, 0.4) is 0 Å². The second-order valence-corrected chi connectivity index (χ2v) is 7.43. The molecular weight excluding hydrogens is 303 g/mol. The molecule has 0 amide bonds. The van der Waals surface area contributed by atoms with Gasteiger partial charge in [0, 0.05) is 5.92 Å². The molecule has 2 aromatic rings. The van der Waals surface area contributed by atoms with E-state index in [-0.39, 0.29) is 4.90 Å². The van der Waals surface area contributed by atoms with Crippen LogP contribution in [0.2, 0.25) is 0 Å². The maximum absolute atomic E-state index is 13.4. The first-order valence-electron chi connectivity index (χ1n) is 6.66. The highest BCUT2D eigenvalue weighted by molar-refractivity contribution is 7.92. The lowest BCUT2D eigenvalue weighted by Gasteiger charge is -2.04. The van der Waals surface area contributed by atoms with Crippen molar-refractivity contribution in [2.24, 2.45) is 5.73 Å². The standard InChI is InChI=1S/C16H13FN2O2S/c17-12-6-4-5-11(9-12)14-15(16(14,19)10-18)22(20,21)13-7-2-1-3-8-13/h1-9,14-15H,19H2/t14-,15-,16-/m0/s1. The molecule has 1 aliphatic carbocycles. The van der Waals surface area contributed by atoms with Crippen molar-refractivity contribution in [1.82, 2.24) is 0 Å². The number of rotatable bonds is 3. The number of nitrogens with zero attached hydrogens (tertiary/aromatic N) is 1. The molecular formula is C16H13FN2O2S. The molecule has 0 aliphatic heterocycles. The Morgan fingerprint density at radius 2 is 1.82 bits per heavy atom. The molecule has 112 valence electrons. The number of hydrogen-bond donors (Lipinski definition) is 1. The maximum Gasteiger partial charge on any atom is 0.184 e. The molecule has 0 spiro atoms. The van der Waals surface area contributed by atoms with E-state index in [2.05, 4.69) is 0 Å². The Hall–Kier alpha value is -2.23. The first-order valence-corrected chi connectivity index (χ1v) is 8.20. The van der Waals surface area contributed by atoms with Gasteiger partial charge in [-0.05, 0) is 29.8 Å². The van der Waals surface area contributed by atoms with Crippen molar-refractivity contribution >= 4 is 9.84 Å². The summed E-state index contributed by atoms with van der Waals surface area (Å²) in [7, 11) is -3.77. The Kier molecular flexibility index (Phi) is 3.28. The molecule has 3 rings (SSSR count). The molecule has 0 aromatic heterocycles. The molecule has 1 aliphatic rings. The van der Waals surface area contributed by atoms with Gasteiger partial charge >= 0.3 is 0 Å². The number of nitrogens with two attached hydrogens (primary N) is 1. The lowest BCUT2D eigenvalue weighted by molar-refractivity contribution is 0.591. The van der Waals surface area contributed by atoms with Gasteiger partial charge in [-0.15, -0.1) is 0 Å². The monoisotopic (exact) mass is 316 g/mol. The maximum atomic E-state index is 13.4. The van der Waals surface area contributed by atoms with Crippen LogP contribution < -0.4 is 5.73 Å². The van der Waals surface area contributed by atoms with Crippen molar-refractivity contribution in [1.29, 1.82) is 5.26 Å². The summed E-state index contributed by atoms with van der Waals surface area (Å²) in [6.45, 7) is 0. The second kappa shape index (κ2) is 4.90. The van der Waals surface area contributed by atoms with Gasteiger partial charge in [-0.3, -0.25) is 0 Å². The Balaban J connectivity index is 2.06. The normalized spacial score (nSPS) is 27.1. The third-order valence-electron chi connectivity index (χ3n) is 3.99. The van der Waals surface area contributed by atoms with Crippen LogP contribution in [0, 0.1) is 17.1 Å². The fourth-order valence-corrected chi connectivity index (χ4v) is 5.06. The van der Waals surface area contributed by atoms with Crippen molar-refractivity contribution < 1.29 is 12.8 Å². The van der Waals surface area contributed by atoms with Gasteiger partial charge in [-0.2, -0.15) is 5.26 Å². The van der Waals surface area contributed by atoms with Crippen LogP contribution in [0.5, 0.6) is 0 Å². The summed E-state index contributed by atoms with van der Waals surface area (Å²) >= 11 is 0. The highest BCUT2D eigenvalue weighted by Crippen LogP contribution is 2.55. The fourth-order valence-electron chi connectivity index (χ4n) is 2.85. The van der Waals surface area contributed by atoms with Gasteiger partial charge < -0.3 is 5.73 Å². The SMILES string of the molecule is N#C[C@]1(N)[C@@H](c2cccc(F)c2)[C@@H]1S(=O)(=O)c1ccccc1. The number of nitriles is 1. The lowest BCUT2D eigenvalue weighted by Crippen LogP contribution is -2.29. The van der Waals surface area contributed by atoms with E-state index in [0.29, 0.717) is 5.56 Å². The van der Waals surface area contributed by atoms with Crippen LogP contribution in [0.25, 0.3) is 0 Å². The molecule has 0 unspecified atom stereocenters. The molecule has 0 bridgehead atoms. The highest BCUT2D eigenvalue weighted by atomic mass is 32.2.